The lowest BCUT2D eigenvalue weighted by molar-refractivity contribution is 0.0825. The number of nitrogens with zero attached hydrogens (tertiary/aromatic N) is 3. The maximum atomic E-state index is 12.6. The average Bonchev–Trinajstić information content (AvgIpc) is 2.55. The van der Waals surface area contributed by atoms with Crippen molar-refractivity contribution in [3.05, 3.63) is 45.7 Å². The summed E-state index contributed by atoms with van der Waals surface area (Å²) in [4.78, 5) is 28.4. The molecule has 0 saturated heterocycles. The molecule has 2 aromatic rings. The van der Waals surface area contributed by atoms with E-state index in [0.717, 1.165) is 24.2 Å². The van der Waals surface area contributed by atoms with Gasteiger partial charge in [-0.1, -0.05) is 25.5 Å². The van der Waals surface area contributed by atoms with Gasteiger partial charge in [0.1, 0.15) is 5.56 Å². The van der Waals surface area contributed by atoms with Gasteiger partial charge in [0.05, 0.1) is 5.52 Å². The molecule has 1 amide bonds. The number of carbonyl (C=O) groups excluding carboxylic acids is 1. The van der Waals surface area contributed by atoms with Crippen molar-refractivity contribution in [1.82, 2.24) is 14.4 Å². The van der Waals surface area contributed by atoms with Crippen LogP contribution < -0.4 is 5.43 Å². The number of aromatic nitrogens is 1. The van der Waals surface area contributed by atoms with Crippen molar-refractivity contribution < 1.29 is 4.79 Å². The number of amides is 1. The van der Waals surface area contributed by atoms with Crippen LogP contribution in [0, 0.1) is 6.92 Å². The minimum absolute atomic E-state index is 0.196. The Morgan fingerprint density at radius 1 is 1.12 bits per heavy atom. The molecule has 2 rings (SSSR count). The van der Waals surface area contributed by atoms with Gasteiger partial charge in [-0.2, -0.15) is 0 Å². The van der Waals surface area contributed by atoms with Crippen molar-refractivity contribution >= 4 is 16.8 Å². The second kappa shape index (κ2) is 8.64. The van der Waals surface area contributed by atoms with Crippen molar-refractivity contribution in [2.75, 3.05) is 34.7 Å². The summed E-state index contributed by atoms with van der Waals surface area (Å²) in [6, 6.07) is 5.79. The molecule has 5 heteroatoms. The van der Waals surface area contributed by atoms with Crippen molar-refractivity contribution in [3.63, 3.8) is 0 Å². The first kappa shape index (κ1) is 19.9. The van der Waals surface area contributed by atoms with E-state index < -0.39 is 0 Å². The summed E-state index contributed by atoms with van der Waals surface area (Å²) in [5.41, 5.74) is 1.91. The van der Waals surface area contributed by atoms with Crippen LogP contribution >= 0.6 is 0 Å². The minimum Gasteiger partial charge on any atom is -0.345 e. The lowest BCUT2D eigenvalue weighted by Gasteiger charge is -2.17. The Morgan fingerprint density at radius 3 is 2.29 bits per heavy atom. The lowest BCUT2D eigenvalue weighted by atomic mass is 10.1. The Morgan fingerprint density at radius 2 is 1.75 bits per heavy atom. The van der Waals surface area contributed by atoms with Gasteiger partial charge in [0.25, 0.3) is 5.91 Å². The molecule has 5 nitrogen and oxygen atoms in total. The third-order valence-corrected chi connectivity index (χ3v) is 3.66. The predicted octanol–water partition coefficient (Wildman–Crippen LogP) is 2.60. The summed E-state index contributed by atoms with van der Waals surface area (Å²) in [5.74, 6) is -0.257. The van der Waals surface area contributed by atoms with Gasteiger partial charge >= 0.3 is 0 Å². The Labute approximate surface area is 144 Å². The molecule has 0 fully saturated rings. The maximum Gasteiger partial charge on any atom is 0.258 e. The summed E-state index contributed by atoms with van der Waals surface area (Å²) in [6.07, 6.45) is 1.69. The van der Waals surface area contributed by atoms with Gasteiger partial charge in [0.2, 0.25) is 5.43 Å². The van der Waals surface area contributed by atoms with E-state index in [1.165, 1.54) is 4.90 Å². The molecule has 0 saturated carbocycles. The number of carbonyl (C=O) groups is 1. The molecule has 0 aliphatic heterocycles. The number of benzene rings is 1. The molecule has 24 heavy (non-hydrogen) atoms. The van der Waals surface area contributed by atoms with Crippen LogP contribution in [0.5, 0.6) is 0 Å². The van der Waals surface area contributed by atoms with Crippen LogP contribution in [0.3, 0.4) is 0 Å². The van der Waals surface area contributed by atoms with E-state index in [0.29, 0.717) is 5.39 Å². The van der Waals surface area contributed by atoms with Gasteiger partial charge in [-0.05, 0) is 33.2 Å². The van der Waals surface area contributed by atoms with Crippen LogP contribution in [0.2, 0.25) is 0 Å². The predicted molar refractivity (Wildman–Crippen MR) is 101 cm³/mol. The number of rotatable bonds is 4. The molecule has 1 heterocycles. The Balaban J connectivity index is 0.00000139. The number of pyridine rings is 1. The average molecular weight is 331 g/mol. The van der Waals surface area contributed by atoms with Crippen LogP contribution in [0.4, 0.5) is 0 Å². The van der Waals surface area contributed by atoms with Gasteiger partial charge in [0.15, 0.2) is 0 Å². The third kappa shape index (κ3) is 4.45. The number of fused-ring (bicyclic) bond motifs is 1. The summed E-state index contributed by atoms with van der Waals surface area (Å²) >= 11 is 0. The van der Waals surface area contributed by atoms with Gasteiger partial charge in [-0.3, -0.25) is 9.59 Å². The molecule has 0 aliphatic rings. The zero-order chi connectivity index (χ0) is 18.4. The minimum atomic E-state index is -0.257. The van der Waals surface area contributed by atoms with Crippen molar-refractivity contribution in [2.45, 2.75) is 27.3 Å². The molecule has 0 spiro atoms. The lowest BCUT2D eigenvalue weighted by Crippen LogP contribution is -2.29. The van der Waals surface area contributed by atoms with Gasteiger partial charge < -0.3 is 14.4 Å². The molecular weight excluding hydrogens is 302 g/mol. The van der Waals surface area contributed by atoms with E-state index in [1.54, 1.807) is 20.3 Å². The molecule has 1 aromatic heterocycles. The monoisotopic (exact) mass is 331 g/mol. The number of hydrogen-bond acceptors (Lipinski definition) is 3. The van der Waals surface area contributed by atoms with Gasteiger partial charge in [-0.15, -0.1) is 0 Å². The molecule has 1 aromatic carbocycles. The fourth-order valence-corrected chi connectivity index (χ4v) is 2.40. The topological polar surface area (TPSA) is 45.6 Å². The smallest absolute Gasteiger partial charge is 0.258 e. The summed E-state index contributed by atoms with van der Waals surface area (Å²) in [6.45, 7) is 7.51. The number of likely N-dealkylation sites (N-methyl/N-ethyl adjacent to an activating group) is 1. The van der Waals surface area contributed by atoms with Gasteiger partial charge in [0, 0.05) is 38.8 Å². The molecule has 0 aliphatic carbocycles. The van der Waals surface area contributed by atoms with E-state index in [-0.39, 0.29) is 16.9 Å². The highest BCUT2D eigenvalue weighted by Gasteiger charge is 2.17. The third-order valence-electron chi connectivity index (χ3n) is 3.66. The van der Waals surface area contributed by atoms with Crippen LogP contribution in [-0.2, 0) is 6.54 Å². The molecule has 132 valence electrons. The number of aryl methyl sites for hydroxylation is 1. The standard InChI is InChI=1S/C17H23N3O2.C2H6/c1-12-6-7-15-13(10-12)16(21)14(17(22)19(4)5)11-20(15)9-8-18(2)3;1-2/h6-7,10-11H,8-9H2,1-5H3;1-2H3. The van der Waals surface area contributed by atoms with E-state index in [2.05, 4.69) is 4.90 Å². The van der Waals surface area contributed by atoms with Crippen LogP contribution in [0.1, 0.15) is 29.8 Å². The number of hydrogen-bond donors (Lipinski definition) is 0. The quantitative estimate of drug-likeness (QED) is 0.865. The molecule has 0 unspecified atom stereocenters. The van der Waals surface area contributed by atoms with Crippen LogP contribution in [-0.4, -0.2) is 55.0 Å². The fraction of sp³-hybridized carbons (Fsp3) is 0.474. The first-order valence-electron chi connectivity index (χ1n) is 8.31. The van der Waals surface area contributed by atoms with Gasteiger partial charge in [-0.25, -0.2) is 0 Å². The summed E-state index contributed by atoms with van der Waals surface area (Å²) < 4.78 is 1.99. The van der Waals surface area contributed by atoms with E-state index in [1.807, 2.05) is 57.6 Å². The highest BCUT2D eigenvalue weighted by atomic mass is 16.2. The molecular formula is C19H29N3O2. The first-order chi connectivity index (χ1) is 11.3. The van der Waals surface area contributed by atoms with Crippen LogP contribution in [0.25, 0.3) is 10.9 Å². The van der Waals surface area contributed by atoms with Crippen molar-refractivity contribution in [3.8, 4) is 0 Å². The largest absolute Gasteiger partial charge is 0.345 e. The Bertz CT molecular complexity index is 761. The molecule has 0 bridgehead atoms. The second-order valence-corrected chi connectivity index (χ2v) is 6.09. The fourth-order valence-electron chi connectivity index (χ4n) is 2.40. The first-order valence-corrected chi connectivity index (χ1v) is 8.31. The zero-order valence-electron chi connectivity index (χ0n) is 15.9. The Kier molecular flexibility index (Phi) is 7.17. The second-order valence-electron chi connectivity index (χ2n) is 6.09. The van der Waals surface area contributed by atoms with E-state index >= 15 is 0 Å². The van der Waals surface area contributed by atoms with E-state index in [4.69, 9.17) is 0 Å². The van der Waals surface area contributed by atoms with Crippen molar-refractivity contribution in [1.29, 1.82) is 0 Å². The summed E-state index contributed by atoms with van der Waals surface area (Å²) in [7, 11) is 7.32. The molecule has 0 N–H and O–H groups in total. The zero-order valence-corrected chi connectivity index (χ0v) is 15.9. The molecule has 0 atom stereocenters. The van der Waals surface area contributed by atoms with Crippen molar-refractivity contribution in [2.24, 2.45) is 0 Å². The molecule has 0 radical (unpaired) electrons. The highest BCUT2D eigenvalue weighted by Crippen LogP contribution is 2.15. The summed E-state index contributed by atoms with van der Waals surface area (Å²) in [5, 5.41) is 0.603. The highest BCUT2D eigenvalue weighted by molar-refractivity contribution is 5.97. The maximum absolute atomic E-state index is 12.6. The van der Waals surface area contributed by atoms with E-state index in [9.17, 15) is 9.59 Å². The normalized spacial score (nSPS) is 10.5. The van der Waals surface area contributed by atoms with Crippen LogP contribution in [0.15, 0.2) is 29.2 Å². The SMILES string of the molecule is CC.Cc1ccc2c(c1)c(=O)c(C(=O)N(C)C)cn2CCN(C)C. The Hall–Kier alpha value is -2.14.